The van der Waals surface area contributed by atoms with Crippen molar-refractivity contribution in [2.24, 2.45) is 0 Å². The molecule has 1 amide bonds. The SMILES string of the molecule is COc1ccccc1C=CC(=O)N(CCC(=O)O)C1CCOCC1. The molecule has 0 saturated carbocycles. The quantitative estimate of drug-likeness (QED) is 0.774. The number of rotatable bonds is 7. The minimum absolute atomic E-state index is 0.0212. The summed E-state index contributed by atoms with van der Waals surface area (Å²) in [5.41, 5.74) is 0.804. The standard InChI is InChI=1S/C18H23NO5/c1-23-16-5-3-2-4-14(16)6-7-17(20)19(11-8-18(21)22)15-9-12-24-13-10-15/h2-7,15H,8-13H2,1H3,(H,21,22). The van der Waals surface area contributed by atoms with Crippen LogP contribution in [-0.4, -0.2) is 54.8 Å². The van der Waals surface area contributed by atoms with Gasteiger partial charge in [0.15, 0.2) is 0 Å². The molecule has 0 bridgehead atoms. The van der Waals surface area contributed by atoms with E-state index in [4.69, 9.17) is 14.6 Å². The van der Waals surface area contributed by atoms with Gasteiger partial charge in [0.05, 0.1) is 13.5 Å². The van der Waals surface area contributed by atoms with Gasteiger partial charge in [-0.3, -0.25) is 9.59 Å². The smallest absolute Gasteiger partial charge is 0.305 e. The van der Waals surface area contributed by atoms with Crippen molar-refractivity contribution in [3.8, 4) is 5.75 Å². The van der Waals surface area contributed by atoms with Crippen LogP contribution in [0.5, 0.6) is 5.75 Å². The molecule has 0 spiro atoms. The Morgan fingerprint density at radius 1 is 1.33 bits per heavy atom. The van der Waals surface area contributed by atoms with Crippen LogP contribution in [0, 0.1) is 0 Å². The van der Waals surface area contributed by atoms with Crippen LogP contribution in [0.3, 0.4) is 0 Å². The van der Waals surface area contributed by atoms with E-state index >= 15 is 0 Å². The predicted molar refractivity (Wildman–Crippen MR) is 89.8 cm³/mol. The summed E-state index contributed by atoms with van der Waals surface area (Å²) in [7, 11) is 1.58. The van der Waals surface area contributed by atoms with Gasteiger partial charge in [0, 0.05) is 37.4 Å². The summed E-state index contributed by atoms with van der Waals surface area (Å²) in [5.74, 6) is -0.410. The molecule has 2 rings (SSSR count). The Bertz CT molecular complexity index is 593. The summed E-state index contributed by atoms with van der Waals surface area (Å²) in [5, 5.41) is 8.92. The highest BCUT2D eigenvalue weighted by Gasteiger charge is 2.24. The fraction of sp³-hybridized carbons (Fsp3) is 0.444. The summed E-state index contributed by atoms with van der Waals surface area (Å²) < 4.78 is 10.6. The molecule has 1 N–H and O–H groups in total. The van der Waals surface area contributed by atoms with Gasteiger partial charge in [-0.05, 0) is 25.0 Å². The number of methoxy groups -OCH3 is 1. The maximum Gasteiger partial charge on any atom is 0.305 e. The molecule has 1 aliphatic heterocycles. The van der Waals surface area contributed by atoms with Gasteiger partial charge in [0.1, 0.15) is 5.75 Å². The Balaban J connectivity index is 2.10. The Hall–Kier alpha value is -2.34. The molecule has 0 atom stereocenters. The Kier molecular flexibility index (Phi) is 6.81. The lowest BCUT2D eigenvalue weighted by Gasteiger charge is -2.33. The first-order valence-electron chi connectivity index (χ1n) is 8.03. The number of carboxylic acid groups (broad SMARTS) is 1. The number of carbonyl (C=O) groups excluding carboxylic acids is 1. The van der Waals surface area contributed by atoms with Crippen molar-refractivity contribution in [3.63, 3.8) is 0 Å². The lowest BCUT2D eigenvalue weighted by molar-refractivity contribution is -0.138. The van der Waals surface area contributed by atoms with Crippen LogP contribution in [0.25, 0.3) is 6.08 Å². The number of aliphatic carboxylic acids is 1. The second-order valence-corrected chi connectivity index (χ2v) is 5.59. The average molecular weight is 333 g/mol. The van der Waals surface area contributed by atoms with Crippen LogP contribution in [-0.2, 0) is 14.3 Å². The van der Waals surface area contributed by atoms with E-state index in [1.54, 1.807) is 18.1 Å². The second kappa shape index (κ2) is 9.08. The van der Waals surface area contributed by atoms with E-state index < -0.39 is 5.97 Å². The van der Waals surface area contributed by atoms with Gasteiger partial charge in [-0.2, -0.15) is 0 Å². The monoisotopic (exact) mass is 333 g/mol. The molecule has 0 radical (unpaired) electrons. The molecular weight excluding hydrogens is 310 g/mol. The summed E-state index contributed by atoms with van der Waals surface area (Å²) >= 11 is 0. The van der Waals surface area contributed by atoms with Crippen LogP contribution in [0.2, 0.25) is 0 Å². The number of benzene rings is 1. The third-order valence-corrected chi connectivity index (χ3v) is 4.03. The minimum Gasteiger partial charge on any atom is -0.496 e. The third-order valence-electron chi connectivity index (χ3n) is 4.03. The number of para-hydroxylation sites is 1. The van der Waals surface area contributed by atoms with Gasteiger partial charge in [0.2, 0.25) is 5.91 Å². The van der Waals surface area contributed by atoms with Crippen LogP contribution >= 0.6 is 0 Å². The molecule has 24 heavy (non-hydrogen) atoms. The summed E-state index contributed by atoms with van der Waals surface area (Å²) in [6.45, 7) is 1.39. The molecule has 1 saturated heterocycles. The number of ether oxygens (including phenoxy) is 2. The molecule has 6 nitrogen and oxygen atoms in total. The van der Waals surface area contributed by atoms with Gasteiger partial charge in [-0.1, -0.05) is 18.2 Å². The van der Waals surface area contributed by atoms with Crippen LogP contribution in [0.15, 0.2) is 30.3 Å². The van der Waals surface area contributed by atoms with Gasteiger partial charge >= 0.3 is 5.97 Å². The molecule has 1 fully saturated rings. The maximum absolute atomic E-state index is 12.6. The lowest BCUT2D eigenvalue weighted by Crippen LogP contribution is -2.43. The lowest BCUT2D eigenvalue weighted by atomic mass is 10.1. The van der Waals surface area contributed by atoms with E-state index in [2.05, 4.69) is 0 Å². The zero-order valence-electron chi connectivity index (χ0n) is 13.8. The van der Waals surface area contributed by atoms with Crippen molar-refractivity contribution in [2.45, 2.75) is 25.3 Å². The summed E-state index contributed by atoms with van der Waals surface area (Å²) in [4.78, 5) is 25.1. The van der Waals surface area contributed by atoms with Crippen molar-refractivity contribution in [2.75, 3.05) is 26.9 Å². The molecule has 130 valence electrons. The fourth-order valence-electron chi connectivity index (χ4n) is 2.75. The van der Waals surface area contributed by atoms with Crippen molar-refractivity contribution in [3.05, 3.63) is 35.9 Å². The molecule has 0 aromatic heterocycles. The Labute approximate surface area is 141 Å². The highest BCUT2D eigenvalue weighted by atomic mass is 16.5. The fourth-order valence-corrected chi connectivity index (χ4v) is 2.75. The zero-order chi connectivity index (χ0) is 17.4. The van der Waals surface area contributed by atoms with Gasteiger partial charge in [-0.25, -0.2) is 0 Å². The summed E-state index contributed by atoms with van der Waals surface area (Å²) in [6, 6.07) is 7.43. The van der Waals surface area contributed by atoms with Crippen LogP contribution < -0.4 is 4.74 Å². The first-order valence-corrected chi connectivity index (χ1v) is 8.03. The number of carbonyl (C=O) groups is 2. The third kappa shape index (κ3) is 5.09. The van der Waals surface area contributed by atoms with Crippen LogP contribution in [0.1, 0.15) is 24.8 Å². The van der Waals surface area contributed by atoms with E-state index in [9.17, 15) is 9.59 Å². The van der Waals surface area contributed by atoms with Crippen molar-refractivity contribution in [1.82, 2.24) is 4.90 Å². The predicted octanol–water partition coefficient (Wildman–Crippen LogP) is 2.19. The van der Waals surface area contributed by atoms with E-state index in [1.807, 2.05) is 24.3 Å². The number of hydrogen-bond acceptors (Lipinski definition) is 4. The largest absolute Gasteiger partial charge is 0.496 e. The molecule has 0 unspecified atom stereocenters. The number of carboxylic acids is 1. The van der Waals surface area contributed by atoms with Crippen molar-refractivity contribution < 1.29 is 24.2 Å². The molecule has 1 aliphatic rings. The molecule has 1 aromatic carbocycles. The molecule has 6 heteroatoms. The molecule has 1 aromatic rings. The van der Waals surface area contributed by atoms with Crippen molar-refractivity contribution in [1.29, 1.82) is 0 Å². The first-order chi connectivity index (χ1) is 11.6. The van der Waals surface area contributed by atoms with Crippen LogP contribution in [0.4, 0.5) is 0 Å². The van der Waals surface area contributed by atoms with Gasteiger partial charge in [-0.15, -0.1) is 0 Å². The average Bonchev–Trinajstić information content (AvgIpc) is 2.61. The van der Waals surface area contributed by atoms with E-state index in [0.717, 1.165) is 18.4 Å². The second-order valence-electron chi connectivity index (χ2n) is 5.59. The van der Waals surface area contributed by atoms with Gasteiger partial charge < -0.3 is 19.5 Å². The van der Waals surface area contributed by atoms with E-state index in [-0.39, 0.29) is 24.9 Å². The maximum atomic E-state index is 12.6. The topological polar surface area (TPSA) is 76.1 Å². The number of nitrogens with zero attached hydrogens (tertiary/aromatic N) is 1. The first kappa shape index (κ1) is 18.0. The number of hydrogen-bond donors (Lipinski definition) is 1. The summed E-state index contributed by atoms with van der Waals surface area (Å²) in [6.07, 6.45) is 4.58. The zero-order valence-corrected chi connectivity index (χ0v) is 13.8. The minimum atomic E-state index is -0.909. The van der Waals surface area contributed by atoms with E-state index in [1.165, 1.54) is 6.08 Å². The van der Waals surface area contributed by atoms with E-state index in [0.29, 0.717) is 19.0 Å². The Morgan fingerprint density at radius 3 is 2.71 bits per heavy atom. The normalized spacial score (nSPS) is 15.4. The molecule has 1 heterocycles. The molecular formula is C18H23NO5. The highest BCUT2D eigenvalue weighted by Crippen LogP contribution is 2.20. The number of amides is 1. The van der Waals surface area contributed by atoms with Gasteiger partial charge in [0.25, 0.3) is 0 Å². The highest BCUT2D eigenvalue weighted by molar-refractivity contribution is 5.92. The Morgan fingerprint density at radius 2 is 2.04 bits per heavy atom. The molecule has 0 aliphatic carbocycles. The van der Waals surface area contributed by atoms with Crippen molar-refractivity contribution >= 4 is 18.0 Å².